The standard InChI is InChI=1S/C8H7N5O/c14-4-1-2-6-5(3-4)7-8(9-6)11-13-12-10-7/h1-3H2,(H,9,11,12). The van der Waals surface area contributed by atoms with E-state index in [9.17, 15) is 4.79 Å². The van der Waals surface area contributed by atoms with Crippen molar-refractivity contribution in [2.75, 3.05) is 0 Å². The summed E-state index contributed by atoms with van der Waals surface area (Å²) in [5, 5.41) is 14.6. The summed E-state index contributed by atoms with van der Waals surface area (Å²) in [5.74, 6) is 0.247. The van der Waals surface area contributed by atoms with Crippen molar-refractivity contribution < 1.29 is 4.79 Å². The van der Waals surface area contributed by atoms with E-state index in [2.05, 4.69) is 25.6 Å². The molecule has 3 rings (SSSR count). The molecule has 2 aromatic heterocycles. The first-order valence-corrected chi connectivity index (χ1v) is 4.42. The first kappa shape index (κ1) is 7.54. The minimum absolute atomic E-state index is 0.247. The number of carbonyl (C=O) groups is 1. The fourth-order valence-electron chi connectivity index (χ4n) is 1.83. The number of H-pyrrole nitrogens is 1. The lowest BCUT2D eigenvalue weighted by Gasteiger charge is -2.08. The molecule has 6 heteroatoms. The lowest BCUT2D eigenvalue weighted by atomic mass is 9.96. The van der Waals surface area contributed by atoms with Gasteiger partial charge >= 0.3 is 0 Å². The van der Waals surface area contributed by atoms with E-state index in [-0.39, 0.29) is 5.78 Å². The van der Waals surface area contributed by atoms with Gasteiger partial charge in [0.15, 0.2) is 5.65 Å². The van der Waals surface area contributed by atoms with Crippen LogP contribution < -0.4 is 0 Å². The van der Waals surface area contributed by atoms with E-state index in [1.54, 1.807) is 0 Å². The van der Waals surface area contributed by atoms with E-state index >= 15 is 0 Å². The van der Waals surface area contributed by atoms with Gasteiger partial charge < -0.3 is 4.98 Å². The predicted octanol–water partition coefficient (Wildman–Crippen LogP) is -0.194. The van der Waals surface area contributed by atoms with Crippen LogP contribution in [0.15, 0.2) is 0 Å². The number of Topliss-reactive ketones (excluding diaryl/α,β-unsaturated/α-hetero) is 1. The quantitative estimate of drug-likeness (QED) is 0.620. The van der Waals surface area contributed by atoms with Crippen LogP contribution in [0.1, 0.15) is 17.7 Å². The molecule has 14 heavy (non-hydrogen) atoms. The van der Waals surface area contributed by atoms with Gasteiger partial charge in [-0.25, -0.2) is 0 Å². The molecule has 1 aliphatic rings. The van der Waals surface area contributed by atoms with E-state index in [0.29, 0.717) is 24.0 Å². The lowest BCUT2D eigenvalue weighted by Crippen LogP contribution is -2.12. The van der Waals surface area contributed by atoms with E-state index in [0.717, 1.165) is 17.7 Å². The molecule has 2 heterocycles. The maximum absolute atomic E-state index is 11.3. The van der Waals surface area contributed by atoms with E-state index in [1.807, 2.05) is 0 Å². The molecule has 0 bridgehead atoms. The van der Waals surface area contributed by atoms with Crippen LogP contribution in [0.25, 0.3) is 11.2 Å². The third-order valence-corrected chi connectivity index (χ3v) is 2.50. The minimum atomic E-state index is 0.247. The van der Waals surface area contributed by atoms with Gasteiger partial charge in [0.25, 0.3) is 0 Å². The maximum Gasteiger partial charge on any atom is 0.182 e. The van der Waals surface area contributed by atoms with Gasteiger partial charge in [-0.3, -0.25) is 4.79 Å². The van der Waals surface area contributed by atoms with Gasteiger partial charge in [-0.1, -0.05) is 0 Å². The first-order chi connectivity index (χ1) is 6.84. The van der Waals surface area contributed by atoms with Crippen molar-refractivity contribution in [1.29, 1.82) is 0 Å². The Morgan fingerprint density at radius 3 is 2.93 bits per heavy atom. The molecule has 70 valence electrons. The SMILES string of the molecule is O=C1CCc2[nH]c3nnnnc3c2C1. The second-order valence-electron chi connectivity index (χ2n) is 3.37. The first-order valence-electron chi connectivity index (χ1n) is 4.42. The zero-order valence-corrected chi connectivity index (χ0v) is 7.32. The molecule has 0 amide bonds. The smallest absolute Gasteiger partial charge is 0.182 e. The third kappa shape index (κ3) is 0.935. The van der Waals surface area contributed by atoms with E-state index in [1.165, 1.54) is 0 Å². The molecule has 0 atom stereocenters. The largest absolute Gasteiger partial charge is 0.340 e. The number of hydrogen-bond acceptors (Lipinski definition) is 5. The average molecular weight is 189 g/mol. The average Bonchev–Trinajstić information content (AvgIpc) is 2.56. The Bertz CT molecular complexity index is 517. The van der Waals surface area contributed by atoms with Gasteiger partial charge in [-0.15, -0.1) is 10.2 Å². The Balaban J connectivity index is 2.30. The van der Waals surface area contributed by atoms with Gasteiger partial charge in [0.1, 0.15) is 11.3 Å². The molecule has 0 spiro atoms. The highest BCUT2D eigenvalue weighted by Gasteiger charge is 2.21. The number of fused-ring (bicyclic) bond motifs is 3. The van der Waals surface area contributed by atoms with Crippen molar-refractivity contribution in [2.24, 2.45) is 0 Å². The third-order valence-electron chi connectivity index (χ3n) is 2.50. The lowest BCUT2D eigenvalue weighted by molar-refractivity contribution is -0.118. The zero-order chi connectivity index (χ0) is 9.54. The van der Waals surface area contributed by atoms with Crippen molar-refractivity contribution >= 4 is 16.9 Å². The molecule has 1 N–H and O–H groups in total. The van der Waals surface area contributed by atoms with Gasteiger partial charge in [0.05, 0.1) is 0 Å². The van der Waals surface area contributed by atoms with Crippen LogP contribution in [0, 0.1) is 0 Å². The second kappa shape index (κ2) is 2.57. The van der Waals surface area contributed by atoms with Crippen LogP contribution >= 0.6 is 0 Å². The molecule has 1 aliphatic carbocycles. The van der Waals surface area contributed by atoms with E-state index in [4.69, 9.17) is 0 Å². The summed E-state index contributed by atoms with van der Waals surface area (Å²) in [5.41, 5.74) is 3.30. The van der Waals surface area contributed by atoms with Crippen LogP contribution in [0.4, 0.5) is 0 Å². The fraction of sp³-hybridized carbons (Fsp3) is 0.375. The van der Waals surface area contributed by atoms with Crippen LogP contribution in [-0.2, 0) is 17.6 Å². The molecule has 0 aliphatic heterocycles. The van der Waals surface area contributed by atoms with Crippen LogP contribution in [0.3, 0.4) is 0 Å². The molecule has 0 saturated carbocycles. The molecule has 0 unspecified atom stereocenters. The number of nitrogens with one attached hydrogen (secondary N) is 1. The highest BCUT2D eigenvalue weighted by Crippen LogP contribution is 2.24. The highest BCUT2D eigenvalue weighted by atomic mass is 16.1. The normalized spacial score (nSPS) is 15.9. The highest BCUT2D eigenvalue weighted by molar-refractivity contribution is 5.89. The van der Waals surface area contributed by atoms with Crippen molar-refractivity contribution in [1.82, 2.24) is 25.6 Å². The van der Waals surface area contributed by atoms with Crippen molar-refractivity contribution in [3.8, 4) is 0 Å². The van der Waals surface area contributed by atoms with Crippen LogP contribution in [0.5, 0.6) is 0 Å². The van der Waals surface area contributed by atoms with Crippen molar-refractivity contribution in [2.45, 2.75) is 19.3 Å². The number of carbonyl (C=O) groups excluding carboxylic acids is 1. The fourth-order valence-corrected chi connectivity index (χ4v) is 1.83. The summed E-state index contributed by atoms with van der Waals surface area (Å²) in [6, 6.07) is 0. The summed E-state index contributed by atoms with van der Waals surface area (Å²) < 4.78 is 0. The molecule has 0 aromatic carbocycles. The molecular weight excluding hydrogens is 182 g/mol. The molecular formula is C8H7N5O. The Morgan fingerprint density at radius 2 is 2.00 bits per heavy atom. The summed E-state index contributed by atoms with van der Waals surface area (Å²) in [7, 11) is 0. The zero-order valence-electron chi connectivity index (χ0n) is 7.32. The maximum atomic E-state index is 11.3. The van der Waals surface area contributed by atoms with Gasteiger partial charge in [0.2, 0.25) is 0 Å². The number of aromatic amines is 1. The predicted molar refractivity (Wildman–Crippen MR) is 46.5 cm³/mol. The molecule has 0 fully saturated rings. The Hall–Kier alpha value is -1.85. The van der Waals surface area contributed by atoms with Crippen molar-refractivity contribution in [3.63, 3.8) is 0 Å². The molecule has 0 saturated heterocycles. The monoisotopic (exact) mass is 189 g/mol. The van der Waals surface area contributed by atoms with E-state index < -0.39 is 0 Å². The Morgan fingerprint density at radius 1 is 1.14 bits per heavy atom. The number of ketones is 1. The summed E-state index contributed by atoms with van der Waals surface area (Å²) in [6.45, 7) is 0. The topological polar surface area (TPSA) is 84.4 Å². The number of hydrogen-bond donors (Lipinski definition) is 1. The van der Waals surface area contributed by atoms with Crippen LogP contribution in [0.2, 0.25) is 0 Å². The van der Waals surface area contributed by atoms with Gasteiger partial charge in [-0.2, -0.15) is 0 Å². The molecule has 0 radical (unpaired) electrons. The number of nitrogens with zero attached hydrogens (tertiary/aromatic N) is 4. The second-order valence-corrected chi connectivity index (χ2v) is 3.37. The van der Waals surface area contributed by atoms with Gasteiger partial charge in [0, 0.05) is 24.1 Å². The Labute approximate surface area is 78.7 Å². The Kier molecular flexibility index (Phi) is 1.38. The minimum Gasteiger partial charge on any atom is -0.340 e. The molecule has 6 nitrogen and oxygen atoms in total. The van der Waals surface area contributed by atoms with Gasteiger partial charge in [-0.05, 0) is 16.8 Å². The summed E-state index contributed by atoms with van der Waals surface area (Å²) in [6.07, 6.45) is 1.78. The van der Waals surface area contributed by atoms with Crippen molar-refractivity contribution in [3.05, 3.63) is 11.3 Å². The number of rotatable bonds is 0. The molecule has 2 aromatic rings. The summed E-state index contributed by atoms with van der Waals surface area (Å²) >= 11 is 0. The van der Waals surface area contributed by atoms with Crippen LogP contribution in [-0.4, -0.2) is 31.4 Å². The number of aromatic nitrogens is 5. The summed E-state index contributed by atoms with van der Waals surface area (Å²) in [4.78, 5) is 14.4. The number of aryl methyl sites for hydroxylation is 1.